The van der Waals surface area contributed by atoms with Crippen LogP contribution in [0.5, 0.6) is 0 Å². The fourth-order valence-electron chi connectivity index (χ4n) is 3.18. The van der Waals surface area contributed by atoms with E-state index in [1.807, 2.05) is 12.1 Å². The lowest BCUT2D eigenvalue weighted by molar-refractivity contribution is -0.124. The second-order valence-corrected chi connectivity index (χ2v) is 6.23. The third-order valence-corrected chi connectivity index (χ3v) is 4.55. The van der Waals surface area contributed by atoms with Gasteiger partial charge < -0.3 is 10.6 Å². The summed E-state index contributed by atoms with van der Waals surface area (Å²) < 4.78 is 0. The van der Waals surface area contributed by atoms with Crippen LogP contribution in [-0.4, -0.2) is 25.5 Å². The number of hydrogen-bond donors (Lipinski definition) is 2. The van der Waals surface area contributed by atoms with Gasteiger partial charge in [-0.25, -0.2) is 0 Å². The molecule has 3 heteroatoms. The summed E-state index contributed by atoms with van der Waals surface area (Å²) in [6.07, 6.45) is 1.88. The van der Waals surface area contributed by atoms with Crippen LogP contribution < -0.4 is 10.6 Å². The van der Waals surface area contributed by atoms with Crippen molar-refractivity contribution >= 4 is 5.91 Å². The van der Waals surface area contributed by atoms with Crippen LogP contribution in [0.3, 0.4) is 0 Å². The summed E-state index contributed by atoms with van der Waals surface area (Å²) in [5, 5.41) is 6.42. The molecule has 1 heterocycles. The Bertz CT molecular complexity index is 606. The normalized spacial score (nSPS) is 18.5. The van der Waals surface area contributed by atoms with Crippen molar-refractivity contribution in [2.45, 2.75) is 18.8 Å². The molecule has 0 aliphatic carbocycles. The maximum absolute atomic E-state index is 12.3. The van der Waals surface area contributed by atoms with Crippen molar-refractivity contribution in [3.63, 3.8) is 0 Å². The van der Waals surface area contributed by atoms with Crippen molar-refractivity contribution in [2.75, 3.05) is 19.6 Å². The van der Waals surface area contributed by atoms with E-state index in [9.17, 15) is 4.79 Å². The molecule has 2 atom stereocenters. The first kappa shape index (κ1) is 15.8. The van der Waals surface area contributed by atoms with Crippen LogP contribution in [0, 0.1) is 5.92 Å². The molecule has 0 bridgehead atoms. The van der Waals surface area contributed by atoms with Crippen LogP contribution in [0.15, 0.2) is 60.7 Å². The van der Waals surface area contributed by atoms with Crippen molar-refractivity contribution < 1.29 is 4.79 Å². The fourth-order valence-corrected chi connectivity index (χ4v) is 3.18. The van der Waals surface area contributed by atoms with Crippen LogP contribution in [0.4, 0.5) is 0 Å². The van der Waals surface area contributed by atoms with Gasteiger partial charge in [0.25, 0.3) is 0 Å². The topological polar surface area (TPSA) is 41.1 Å². The van der Waals surface area contributed by atoms with Gasteiger partial charge >= 0.3 is 0 Å². The summed E-state index contributed by atoms with van der Waals surface area (Å²) in [6, 6.07) is 20.9. The molecule has 0 radical (unpaired) electrons. The Morgan fingerprint density at radius 1 is 1.09 bits per heavy atom. The van der Waals surface area contributed by atoms with Gasteiger partial charge in [0, 0.05) is 19.0 Å². The number of rotatable bonds is 6. The smallest absolute Gasteiger partial charge is 0.224 e. The van der Waals surface area contributed by atoms with Crippen LogP contribution in [0.1, 0.15) is 23.5 Å². The molecular formula is C20H24N2O. The summed E-state index contributed by atoms with van der Waals surface area (Å²) in [7, 11) is 0. The largest absolute Gasteiger partial charge is 0.355 e. The number of carbonyl (C=O) groups excluding carboxylic acids is 1. The number of hydrogen-bond acceptors (Lipinski definition) is 2. The van der Waals surface area contributed by atoms with Crippen LogP contribution in [0.25, 0.3) is 0 Å². The van der Waals surface area contributed by atoms with Crippen molar-refractivity contribution in [1.82, 2.24) is 10.6 Å². The predicted octanol–water partition coefficient (Wildman–Crippen LogP) is 2.74. The molecule has 0 saturated carbocycles. The molecule has 2 N–H and O–H groups in total. The average molecular weight is 308 g/mol. The van der Waals surface area contributed by atoms with Gasteiger partial charge in [0.1, 0.15) is 0 Å². The second-order valence-electron chi connectivity index (χ2n) is 6.23. The van der Waals surface area contributed by atoms with Gasteiger partial charge in [-0.15, -0.1) is 0 Å². The molecule has 2 aromatic rings. The molecule has 23 heavy (non-hydrogen) atoms. The Morgan fingerprint density at radius 2 is 1.78 bits per heavy atom. The van der Waals surface area contributed by atoms with Crippen LogP contribution >= 0.6 is 0 Å². The maximum Gasteiger partial charge on any atom is 0.224 e. The predicted molar refractivity (Wildman–Crippen MR) is 93.3 cm³/mol. The Morgan fingerprint density at radius 3 is 2.43 bits per heavy atom. The maximum atomic E-state index is 12.3. The van der Waals surface area contributed by atoms with E-state index in [0.29, 0.717) is 12.5 Å². The molecule has 1 saturated heterocycles. The minimum absolute atomic E-state index is 0.128. The van der Waals surface area contributed by atoms with Gasteiger partial charge in [-0.3, -0.25) is 4.79 Å². The highest BCUT2D eigenvalue weighted by atomic mass is 16.1. The van der Waals surface area contributed by atoms with E-state index in [4.69, 9.17) is 0 Å². The van der Waals surface area contributed by atoms with E-state index in [2.05, 4.69) is 59.2 Å². The average Bonchev–Trinajstić information content (AvgIpc) is 3.15. The van der Waals surface area contributed by atoms with Gasteiger partial charge in [0.05, 0.1) is 5.92 Å². The van der Waals surface area contributed by atoms with Crippen LogP contribution in [-0.2, 0) is 11.2 Å². The van der Waals surface area contributed by atoms with Gasteiger partial charge in [-0.05, 0) is 30.5 Å². The third-order valence-electron chi connectivity index (χ3n) is 4.55. The molecule has 3 nitrogen and oxygen atoms in total. The zero-order chi connectivity index (χ0) is 15.9. The van der Waals surface area contributed by atoms with Gasteiger partial charge in [0.2, 0.25) is 5.91 Å². The Labute approximate surface area is 138 Å². The Kier molecular flexibility index (Phi) is 5.43. The first-order valence-corrected chi connectivity index (χ1v) is 8.40. The summed E-state index contributed by atoms with van der Waals surface area (Å²) in [5.74, 6) is 0.615. The van der Waals surface area contributed by atoms with Crippen molar-refractivity contribution in [3.05, 3.63) is 71.8 Å². The molecular weight excluding hydrogens is 284 g/mol. The van der Waals surface area contributed by atoms with Crippen molar-refractivity contribution in [2.24, 2.45) is 5.92 Å². The molecule has 120 valence electrons. The van der Waals surface area contributed by atoms with Gasteiger partial charge in [0.15, 0.2) is 0 Å². The van der Waals surface area contributed by atoms with Gasteiger partial charge in [-0.2, -0.15) is 0 Å². The SMILES string of the molecule is O=C(NCC(Cc1ccccc1)c1ccccc1)C1CCNC1. The summed E-state index contributed by atoms with van der Waals surface area (Å²) in [4.78, 5) is 12.3. The van der Waals surface area contributed by atoms with Gasteiger partial charge in [-0.1, -0.05) is 60.7 Å². The summed E-state index contributed by atoms with van der Waals surface area (Å²) in [5.41, 5.74) is 2.58. The molecule has 2 unspecified atom stereocenters. The number of nitrogens with one attached hydrogen (secondary N) is 2. The summed E-state index contributed by atoms with van der Waals surface area (Å²) in [6.45, 7) is 2.44. The minimum atomic E-state index is 0.128. The molecule has 1 aliphatic rings. The fraction of sp³-hybridized carbons (Fsp3) is 0.350. The lowest BCUT2D eigenvalue weighted by atomic mass is 9.91. The molecule has 0 aromatic heterocycles. The monoisotopic (exact) mass is 308 g/mol. The zero-order valence-corrected chi connectivity index (χ0v) is 13.4. The third kappa shape index (κ3) is 4.42. The van der Waals surface area contributed by atoms with E-state index in [0.717, 1.165) is 25.9 Å². The molecule has 3 rings (SSSR count). The molecule has 1 aliphatic heterocycles. The number of amides is 1. The van der Waals surface area contributed by atoms with E-state index >= 15 is 0 Å². The molecule has 2 aromatic carbocycles. The number of benzene rings is 2. The highest BCUT2D eigenvalue weighted by Gasteiger charge is 2.23. The first-order valence-electron chi connectivity index (χ1n) is 8.40. The zero-order valence-electron chi connectivity index (χ0n) is 13.4. The lowest BCUT2D eigenvalue weighted by Crippen LogP contribution is -2.35. The standard InChI is InChI=1S/C20H24N2O/c23-20(18-11-12-21-14-18)22-15-19(17-9-5-2-6-10-17)13-16-7-3-1-4-8-16/h1-10,18-19,21H,11-15H2,(H,22,23). The van der Waals surface area contributed by atoms with Crippen molar-refractivity contribution in [1.29, 1.82) is 0 Å². The highest BCUT2D eigenvalue weighted by molar-refractivity contribution is 5.79. The minimum Gasteiger partial charge on any atom is -0.355 e. The second kappa shape index (κ2) is 7.93. The van der Waals surface area contributed by atoms with E-state index in [1.54, 1.807) is 0 Å². The highest BCUT2D eigenvalue weighted by Crippen LogP contribution is 2.20. The molecule has 1 amide bonds. The number of carbonyl (C=O) groups is 1. The molecule has 1 fully saturated rings. The quantitative estimate of drug-likeness (QED) is 0.861. The van der Waals surface area contributed by atoms with E-state index in [1.165, 1.54) is 11.1 Å². The van der Waals surface area contributed by atoms with E-state index < -0.39 is 0 Å². The molecule has 0 spiro atoms. The van der Waals surface area contributed by atoms with Crippen LogP contribution in [0.2, 0.25) is 0 Å². The summed E-state index contributed by atoms with van der Waals surface area (Å²) >= 11 is 0. The van der Waals surface area contributed by atoms with E-state index in [-0.39, 0.29) is 11.8 Å². The Hall–Kier alpha value is -2.13. The lowest BCUT2D eigenvalue weighted by Gasteiger charge is -2.19. The first-order chi connectivity index (χ1) is 11.3. The van der Waals surface area contributed by atoms with Crippen molar-refractivity contribution in [3.8, 4) is 0 Å². The Balaban J connectivity index is 1.66.